The molecule has 0 atom stereocenters. The molecule has 0 unspecified atom stereocenters. The first-order valence-corrected chi connectivity index (χ1v) is 4.43. The highest BCUT2D eigenvalue weighted by Crippen LogP contribution is 1.97. The van der Waals surface area contributed by atoms with Gasteiger partial charge in [0.05, 0.1) is 26.0 Å². The first-order chi connectivity index (χ1) is 6.83. The lowest BCUT2D eigenvalue weighted by atomic mass is 10.4. The predicted octanol–water partition coefficient (Wildman–Crippen LogP) is -0.522. The third-order valence-corrected chi connectivity index (χ3v) is 1.61. The molecule has 0 aliphatic heterocycles. The van der Waals surface area contributed by atoms with E-state index in [4.69, 9.17) is 9.52 Å². The number of rotatable bonds is 6. The van der Waals surface area contributed by atoms with E-state index in [2.05, 4.69) is 10.6 Å². The quantitative estimate of drug-likeness (QED) is 0.538. The fraction of sp³-hybridized carbons (Fsp3) is 0.444. The van der Waals surface area contributed by atoms with Gasteiger partial charge in [0.2, 0.25) is 5.91 Å². The number of hydrogen-bond donors (Lipinski definition) is 3. The van der Waals surface area contributed by atoms with Gasteiger partial charge in [-0.15, -0.1) is 0 Å². The Morgan fingerprint density at radius 3 is 3.07 bits per heavy atom. The number of aliphatic hydroxyl groups is 1. The van der Waals surface area contributed by atoms with Crippen molar-refractivity contribution in [1.82, 2.24) is 10.6 Å². The molecule has 1 amide bonds. The molecule has 0 fully saturated rings. The van der Waals surface area contributed by atoms with E-state index >= 15 is 0 Å². The zero-order chi connectivity index (χ0) is 10.2. The minimum atomic E-state index is -0.116. The van der Waals surface area contributed by atoms with Gasteiger partial charge in [0, 0.05) is 6.54 Å². The monoisotopic (exact) mass is 198 g/mol. The Hall–Kier alpha value is -1.33. The number of nitrogens with one attached hydrogen (secondary N) is 2. The van der Waals surface area contributed by atoms with E-state index in [0.717, 1.165) is 5.76 Å². The zero-order valence-corrected chi connectivity index (χ0v) is 7.82. The van der Waals surface area contributed by atoms with Gasteiger partial charge >= 0.3 is 0 Å². The summed E-state index contributed by atoms with van der Waals surface area (Å²) in [6, 6.07) is 3.56. The number of carbonyl (C=O) groups excluding carboxylic acids is 1. The van der Waals surface area contributed by atoms with Crippen molar-refractivity contribution in [1.29, 1.82) is 0 Å². The minimum Gasteiger partial charge on any atom is -0.467 e. The van der Waals surface area contributed by atoms with Gasteiger partial charge in [0.25, 0.3) is 0 Å². The topological polar surface area (TPSA) is 74.5 Å². The summed E-state index contributed by atoms with van der Waals surface area (Å²) in [5.41, 5.74) is 0. The summed E-state index contributed by atoms with van der Waals surface area (Å²) in [5.74, 6) is 0.607. The van der Waals surface area contributed by atoms with Crippen LogP contribution in [0.1, 0.15) is 5.76 Å². The van der Waals surface area contributed by atoms with Crippen LogP contribution in [-0.2, 0) is 11.3 Å². The van der Waals surface area contributed by atoms with Crippen molar-refractivity contribution in [3.63, 3.8) is 0 Å². The fourth-order valence-corrected chi connectivity index (χ4v) is 0.942. The Morgan fingerprint density at radius 2 is 2.43 bits per heavy atom. The Bertz CT molecular complexity index is 259. The molecule has 0 aliphatic rings. The van der Waals surface area contributed by atoms with Crippen LogP contribution in [0.5, 0.6) is 0 Å². The van der Waals surface area contributed by atoms with Crippen LogP contribution in [-0.4, -0.2) is 30.7 Å². The van der Waals surface area contributed by atoms with Crippen LogP contribution in [0.3, 0.4) is 0 Å². The molecule has 1 aromatic heterocycles. The van der Waals surface area contributed by atoms with Gasteiger partial charge < -0.3 is 20.2 Å². The summed E-state index contributed by atoms with van der Waals surface area (Å²) in [6.45, 7) is 1.06. The van der Waals surface area contributed by atoms with E-state index in [1.165, 1.54) is 0 Å². The molecule has 0 spiro atoms. The Labute approximate surface area is 82.1 Å². The normalized spacial score (nSPS) is 10.1. The summed E-state index contributed by atoms with van der Waals surface area (Å²) in [6.07, 6.45) is 1.56. The van der Waals surface area contributed by atoms with E-state index in [-0.39, 0.29) is 19.1 Å². The Kier molecular flexibility index (Phi) is 4.74. The summed E-state index contributed by atoms with van der Waals surface area (Å²) in [5, 5.41) is 13.9. The van der Waals surface area contributed by atoms with E-state index in [9.17, 15) is 4.79 Å². The SMILES string of the molecule is O=C(CNCCO)NCc1ccco1. The molecule has 1 rings (SSSR count). The van der Waals surface area contributed by atoms with Crippen molar-refractivity contribution in [2.24, 2.45) is 0 Å². The molecule has 0 aromatic carbocycles. The molecule has 5 heteroatoms. The standard InChI is InChI=1S/C9H14N2O3/c12-4-3-10-7-9(13)11-6-8-2-1-5-14-8/h1-2,5,10,12H,3-4,6-7H2,(H,11,13). The second-order valence-corrected chi connectivity index (χ2v) is 2.76. The maximum Gasteiger partial charge on any atom is 0.234 e. The van der Waals surface area contributed by atoms with Gasteiger partial charge in [-0.3, -0.25) is 4.79 Å². The molecule has 0 bridgehead atoms. The molecular formula is C9H14N2O3. The lowest BCUT2D eigenvalue weighted by Gasteiger charge is -2.03. The van der Waals surface area contributed by atoms with Crippen molar-refractivity contribution >= 4 is 5.91 Å². The van der Waals surface area contributed by atoms with Crippen molar-refractivity contribution in [3.8, 4) is 0 Å². The molecule has 0 saturated heterocycles. The van der Waals surface area contributed by atoms with Gasteiger partial charge in [-0.25, -0.2) is 0 Å². The number of furan rings is 1. The maximum atomic E-state index is 11.1. The summed E-state index contributed by atoms with van der Waals surface area (Å²) in [7, 11) is 0. The molecular weight excluding hydrogens is 184 g/mol. The average molecular weight is 198 g/mol. The third kappa shape index (κ3) is 4.06. The molecule has 0 aliphatic carbocycles. The van der Waals surface area contributed by atoms with E-state index < -0.39 is 0 Å². The van der Waals surface area contributed by atoms with Crippen LogP contribution in [0.15, 0.2) is 22.8 Å². The van der Waals surface area contributed by atoms with E-state index in [1.807, 2.05) is 0 Å². The first-order valence-electron chi connectivity index (χ1n) is 4.43. The molecule has 5 nitrogen and oxygen atoms in total. The Balaban J connectivity index is 2.09. The number of hydrogen-bond acceptors (Lipinski definition) is 4. The lowest BCUT2D eigenvalue weighted by molar-refractivity contribution is -0.120. The van der Waals surface area contributed by atoms with Crippen molar-refractivity contribution < 1.29 is 14.3 Å². The smallest absolute Gasteiger partial charge is 0.234 e. The summed E-state index contributed by atoms with van der Waals surface area (Å²) >= 11 is 0. The largest absolute Gasteiger partial charge is 0.467 e. The highest BCUT2D eigenvalue weighted by atomic mass is 16.3. The van der Waals surface area contributed by atoms with E-state index in [0.29, 0.717) is 13.1 Å². The van der Waals surface area contributed by atoms with Crippen molar-refractivity contribution in [2.75, 3.05) is 19.7 Å². The van der Waals surface area contributed by atoms with Crippen molar-refractivity contribution in [2.45, 2.75) is 6.54 Å². The summed E-state index contributed by atoms with van der Waals surface area (Å²) in [4.78, 5) is 11.1. The molecule has 1 heterocycles. The van der Waals surface area contributed by atoms with Crippen LogP contribution < -0.4 is 10.6 Å². The highest BCUT2D eigenvalue weighted by molar-refractivity contribution is 5.77. The second-order valence-electron chi connectivity index (χ2n) is 2.76. The van der Waals surface area contributed by atoms with Crippen LogP contribution in [0.25, 0.3) is 0 Å². The number of amides is 1. The fourth-order valence-electron chi connectivity index (χ4n) is 0.942. The van der Waals surface area contributed by atoms with Crippen LogP contribution in [0.4, 0.5) is 0 Å². The van der Waals surface area contributed by atoms with Gasteiger partial charge in [0.15, 0.2) is 0 Å². The Morgan fingerprint density at radius 1 is 1.57 bits per heavy atom. The lowest BCUT2D eigenvalue weighted by Crippen LogP contribution is -2.34. The highest BCUT2D eigenvalue weighted by Gasteiger charge is 2.00. The third-order valence-electron chi connectivity index (χ3n) is 1.61. The molecule has 3 N–H and O–H groups in total. The zero-order valence-electron chi connectivity index (χ0n) is 7.82. The number of carbonyl (C=O) groups is 1. The molecule has 78 valence electrons. The van der Waals surface area contributed by atoms with Crippen LogP contribution in [0.2, 0.25) is 0 Å². The van der Waals surface area contributed by atoms with Crippen LogP contribution in [0, 0.1) is 0 Å². The number of aliphatic hydroxyl groups excluding tert-OH is 1. The first kappa shape index (κ1) is 10.7. The van der Waals surface area contributed by atoms with Gasteiger partial charge in [-0.1, -0.05) is 0 Å². The molecule has 1 aromatic rings. The van der Waals surface area contributed by atoms with Crippen LogP contribution >= 0.6 is 0 Å². The molecule has 14 heavy (non-hydrogen) atoms. The molecule has 0 radical (unpaired) electrons. The van der Waals surface area contributed by atoms with Gasteiger partial charge in [0.1, 0.15) is 5.76 Å². The molecule has 0 saturated carbocycles. The minimum absolute atomic E-state index is 0.0332. The van der Waals surface area contributed by atoms with Crippen molar-refractivity contribution in [3.05, 3.63) is 24.2 Å². The average Bonchev–Trinajstić information content (AvgIpc) is 2.68. The van der Waals surface area contributed by atoms with E-state index in [1.54, 1.807) is 18.4 Å². The van der Waals surface area contributed by atoms with Gasteiger partial charge in [-0.05, 0) is 12.1 Å². The second kappa shape index (κ2) is 6.17. The summed E-state index contributed by atoms with van der Waals surface area (Å²) < 4.78 is 5.03. The maximum absolute atomic E-state index is 11.1. The predicted molar refractivity (Wildman–Crippen MR) is 50.5 cm³/mol. The van der Waals surface area contributed by atoms with Gasteiger partial charge in [-0.2, -0.15) is 0 Å².